The van der Waals surface area contributed by atoms with Crippen LogP contribution in [-0.4, -0.2) is 29.4 Å². The Hall–Kier alpha value is -3.24. The van der Waals surface area contributed by atoms with Crippen LogP contribution in [0.4, 0.5) is 0 Å². The molecule has 4 aromatic rings. The number of methoxy groups -OCH3 is 1. The molecular formula is C28H30N2O2. The molecular weight excluding hydrogens is 396 g/mol. The van der Waals surface area contributed by atoms with E-state index < -0.39 is 0 Å². The van der Waals surface area contributed by atoms with Crippen LogP contribution in [0.25, 0.3) is 22.2 Å². The highest BCUT2D eigenvalue weighted by Gasteiger charge is 2.19. The van der Waals surface area contributed by atoms with E-state index in [1.165, 1.54) is 35.2 Å². The zero-order valence-electron chi connectivity index (χ0n) is 18.8. The number of rotatable bonds is 8. The number of hydrogen-bond donors (Lipinski definition) is 2. The summed E-state index contributed by atoms with van der Waals surface area (Å²) >= 11 is 0. The lowest BCUT2D eigenvalue weighted by Gasteiger charge is -2.13. The van der Waals surface area contributed by atoms with E-state index in [9.17, 15) is 5.11 Å². The SMILES string of the molecule is COc1ccc(-c2c(C)c3cc(O)ccc3n2Cc2ccc(CCNC3CC3)cc2)cc1. The number of ether oxygens (including phenoxy) is 1. The quantitative estimate of drug-likeness (QED) is 0.381. The van der Waals surface area contributed by atoms with Gasteiger partial charge in [0.05, 0.1) is 12.8 Å². The Balaban J connectivity index is 1.47. The molecule has 0 unspecified atom stereocenters. The van der Waals surface area contributed by atoms with E-state index in [-0.39, 0.29) is 0 Å². The number of aromatic nitrogens is 1. The van der Waals surface area contributed by atoms with Crippen LogP contribution in [0, 0.1) is 6.92 Å². The van der Waals surface area contributed by atoms with E-state index in [1.54, 1.807) is 13.2 Å². The highest BCUT2D eigenvalue weighted by atomic mass is 16.5. The molecule has 0 spiro atoms. The van der Waals surface area contributed by atoms with E-state index in [4.69, 9.17) is 4.74 Å². The van der Waals surface area contributed by atoms with Crippen LogP contribution in [0.1, 0.15) is 29.5 Å². The summed E-state index contributed by atoms with van der Waals surface area (Å²) in [6, 6.07) is 23.6. The number of aromatic hydroxyl groups is 1. The van der Waals surface area contributed by atoms with Gasteiger partial charge in [-0.25, -0.2) is 0 Å². The molecule has 4 heteroatoms. The van der Waals surface area contributed by atoms with Crippen molar-refractivity contribution in [2.45, 2.75) is 38.8 Å². The van der Waals surface area contributed by atoms with Gasteiger partial charge in [-0.15, -0.1) is 0 Å². The molecule has 1 aliphatic rings. The molecule has 0 saturated heterocycles. The van der Waals surface area contributed by atoms with Crippen LogP contribution < -0.4 is 10.1 Å². The summed E-state index contributed by atoms with van der Waals surface area (Å²) in [5.74, 6) is 1.14. The molecule has 0 bridgehead atoms. The first kappa shape index (κ1) is 20.7. The van der Waals surface area contributed by atoms with Crippen LogP contribution in [0.2, 0.25) is 0 Å². The van der Waals surface area contributed by atoms with Crippen molar-refractivity contribution in [2.24, 2.45) is 0 Å². The molecule has 164 valence electrons. The molecule has 1 aromatic heterocycles. The van der Waals surface area contributed by atoms with Gasteiger partial charge in [0.15, 0.2) is 0 Å². The highest BCUT2D eigenvalue weighted by molar-refractivity contribution is 5.92. The number of benzene rings is 3. The third kappa shape index (κ3) is 4.23. The third-order valence-corrected chi connectivity index (χ3v) is 6.45. The Morgan fingerprint density at radius 3 is 2.38 bits per heavy atom. The second-order valence-corrected chi connectivity index (χ2v) is 8.78. The number of phenols is 1. The molecule has 3 aromatic carbocycles. The first-order valence-corrected chi connectivity index (χ1v) is 11.4. The van der Waals surface area contributed by atoms with Crippen molar-refractivity contribution >= 4 is 10.9 Å². The van der Waals surface area contributed by atoms with Crippen LogP contribution >= 0.6 is 0 Å². The molecule has 0 amide bonds. The van der Waals surface area contributed by atoms with Crippen molar-refractivity contribution in [3.63, 3.8) is 0 Å². The normalized spacial score (nSPS) is 13.6. The smallest absolute Gasteiger partial charge is 0.118 e. The average Bonchev–Trinajstić information content (AvgIpc) is 3.60. The molecule has 1 fully saturated rings. The van der Waals surface area contributed by atoms with E-state index in [0.717, 1.165) is 47.8 Å². The van der Waals surface area contributed by atoms with Crippen molar-refractivity contribution in [3.8, 4) is 22.8 Å². The number of hydrogen-bond acceptors (Lipinski definition) is 3. The summed E-state index contributed by atoms with van der Waals surface area (Å²) in [6.07, 6.45) is 3.73. The van der Waals surface area contributed by atoms with Crippen LogP contribution in [0.5, 0.6) is 11.5 Å². The fourth-order valence-corrected chi connectivity index (χ4v) is 4.50. The van der Waals surface area contributed by atoms with Crippen molar-refractivity contribution < 1.29 is 9.84 Å². The van der Waals surface area contributed by atoms with E-state index >= 15 is 0 Å². The van der Waals surface area contributed by atoms with Gasteiger partial charge in [0.2, 0.25) is 0 Å². The minimum atomic E-state index is 0.295. The largest absolute Gasteiger partial charge is 0.508 e. The molecule has 1 heterocycles. The van der Waals surface area contributed by atoms with Gasteiger partial charge in [0, 0.05) is 23.5 Å². The number of fused-ring (bicyclic) bond motifs is 1. The Labute approximate surface area is 189 Å². The van der Waals surface area contributed by atoms with Crippen molar-refractivity contribution in [1.29, 1.82) is 0 Å². The highest BCUT2D eigenvalue weighted by Crippen LogP contribution is 2.36. The van der Waals surface area contributed by atoms with Crippen LogP contribution in [-0.2, 0) is 13.0 Å². The maximum absolute atomic E-state index is 10.1. The molecule has 1 saturated carbocycles. The first-order valence-electron chi connectivity index (χ1n) is 11.4. The molecule has 2 N–H and O–H groups in total. The van der Waals surface area contributed by atoms with Crippen LogP contribution in [0.15, 0.2) is 66.7 Å². The molecule has 32 heavy (non-hydrogen) atoms. The lowest BCUT2D eigenvalue weighted by atomic mass is 10.1. The molecule has 0 radical (unpaired) electrons. The molecule has 1 aliphatic carbocycles. The van der Waals surface area contributed by atoms with Gasteiger partial charge >= 0.3 is 0 Å². The topological polar surface area (TPSA) is 46.4 Å². The predicted octanol–water partition coefficient (Wildman–Crippen LogP) is 5.67. The monoisotopic (exact) mass is 426 g/mol. The van der Waals surface area contributed by atoms with E-state index in [0.29, 0.717) is 5.75 Å². The minimum Gasteiger partial charge on any atom is -0.508 e. The average molecular weight is 427 g/mol. The van der Waals surface area contributed by atoms with Gasteiger partial charge in [-0.3, -0.25) is 0 Å². The van der Waals surface area contributed by atoms with Crippen LogP contribution in [0.3, 0.4) is 0 Å². The number of phenolic OH excluding ortho intramolecular Hbond substituents is 1. The second-order valence-electron chi connectivity index (χ2n) is 8.78. The van der Waals surface area contributed by atoms with Gasteiger partial charge in [0.1, 0.15) is 11.5 Å². The standard InChI is InChI=1S/C28H30N2O2/c1-19-26-17-24(31)11-14-27(26)30(28(19)22-7-12-25(32-2)13-8-22)18-21-5-3-20(4-6-21)15-16-29-23-9-10-23/h3-8,11-14,17,23,29,31H,9-10,15-16,18H2,1-2H3. The Kier molecular flexibility index (Phi) is 5.62. The third-order valence-electron chi connectivity index (χ3n) is 6.45. The fourth-order valence-electron chi connectivity index (χ4n) is 4.50. The summed E-state index contributed by atoms with van der Waals surface area (Å²) in [5, 5.41) is 14.8. The predicted molar refractivity (Wildman–Crippen MR) is 131 cm³/mol. The lowest BCUT2D eigenvalue weighted by Crippen LogP contribution is -2.19. The van der Waals surface area contributed by atoms with Gasteiger partial charge in [0.25, 0.3) is 0 Å². The second kappa shape index (κ2) is 8.71. The number of nitrogens with one attached hydrogen (secondary N) is 1. The Morgan fingerprint density at radius 2 is 1.69 bits per heavy atom. The van der Waals surface area contributed by atoms with Gasteiger partial charge in [-0.05, 0) is 97.4 Å². The molecule has 5 rings (SSSR count). The molecule has 4 nitrogen and oxygen atoms in total. The zero-order valence-corrected chi connectivity index (χ0v) is 18.8. The van der Waals surface area contributed by atoms with Crippen molar-refractivity contribution in [2.75, 3.05) is 13.7 Å². The van der Waals surface area contributed by atoms with Gasteiger partial charge in [-0.1, -0.05) is 24.3 Å². The first-order chi connectivity index (χ1) is 15.6. The molecule has 0 aliphatic heterocycles. The summed E-state index contributed by atoms with van der Waals surface area (Å²) in [7, 11) is 1.69. The van der Waals surface area contributed by atoms with Crippen molar-refractivity contribution in [3.05, 3.63) is 83.4 Å². The van der Waals surface area contributed by atoms with Crippen molar-refractivity contribution in [1.82, 2.24) is 9.88 Å². The summed E-state index contributed by atoms with van der Waals surface area (Å²) in [6.45, 7) is 3.96. The zero-order chi connectivity index (χ0) is 22.1. The van der Waals surface area contributed by atoms with E-state index in [1.807, 2.05) is 24.3 Å². The maximum atomic E-state index is 10.1. The fraction of sp³-hybridized carbons (Fsp3) is 0.286. The number of nitrogens with zero attached hydrogens (tertiary/aromatic N) is 1. The summed E-state index contributed by atoms with van der Waals surface area (Å²) in [5.41, 5.74) is 7.25. The Bertz CT molecular complexity index is 1220. The number of aryl methyl sites for hydroxylation is 1. The summed E-state index contributed by atoms with van der Waals surface area (Å²) < 4.78 is 7.70. The minimum absolute atomic E-state index is 0.295. The summed E-state index contributed by atoms with van der Waals surface area (Å²) in [4.78, 5) is 0. The Morgan fingerprint density at radius 1 is 0.969 bits per heavy atom. The maximum Gasteiger partial charge on any atom is 0.118 e. The van der Waals surface area contributed by atoms with Gasteiger partial charge < -0.3 is 19.7 Å². The lowest BCUT2D eigenvalue weighted by molar-refractivity contribution is 0.415. The van der Waals surface area contributed by atoms with Gasteiger partial charge in [-0.2, -0.15) is 0 Å². The van der Waals surface area contributed by atoms with E-state index in [2.05, 4.69) is 53.2 Å². The molecule has 0 atom stereocenters.